The normalized spacial score (nSPS) is 10.4. The minimum atomic E-state index is -0.344. The van der Waals surface area contributed by atoms with Gasteiger partial charge >= 0.3 is 5.97 Å². The molecular formula is C14H13ClO3S. The average molecular weight is 297 g/mol. The van der Waals surface area contributed by atoms with Crippen molar-refractivity contribution in [3.05, 3.63) is 52.9 Å². The number of benzene rings is 1. The summed E-state index contributed by atoms with van der Waals surface area (Å²) in [4.78, 5) is 12.7. The van der Waals surface area contributed by atoms with E-state index in [4.69, 9.17) is 20.8 Å². The molecule has 5 heteroatoms. The highest BCUT2D eigenvalue weighted by molar-refractivity contribution is 7.98. The van der Waals surface area contributed by atoms with Crippen LogP contribution in [0.4, 0.5) is 0 Å². The van der Waals surface area contributed by atoms with E-state index >= 15 is 0 Å². The fourth-order valence-corrected chi connectivity index (χ4v) is 2.50. The van der Waals surface area contributed by atoms with Gasteiger partial charge in [0, 0.05) is 9.92 Å². The molecule has 1 heterocycles. The van der Waals surface area contributed by atoms with Gasteiger partial charge < -0.3 is 9.15 Å². The molecular weight excluding hydrogens is 284 g/mol. The first kappa shape index (κ1) is 14.0. The number of furan rings is 1. The van der Waals surface area contributed by atoms with Gasteiger partial charge in [0.05, 0.1) is 18.6 Å². The predicted octanol–water partition coefficient (Wildman–Crippen LogP) is 4.40. The Bertz CT molecular complexity index is 548. The minimum absolute atomic E-state index is 0.344. The summed E-state index contributed by atoms with van der Waals surface area (Å²) in [5, 5.41) is 0.703. The van der Waals surface area contributed by atoms with Crippen molar-refractivity contribution in [2.75, 3.05) is 6.61 Å². The van der Waals surface area contributed by atoms with E-state index in [-0.39, 0.29) is 5.97 Å². The van der Waals surface area contributed by atoms with Crippen LogP contribution in [0.2, 0.25) is 5.02 Å². The maximum atomic E-state index is 11.7. The molecule has 19 heavy (non-hydrogen) atoms. The molecule has 0 spiro atoms. The van der Waals surface area contributed by atoms with E-state index in [1.54, 1.807) is 24.8 Å². The topological polar surface area (TPSA) is 39.4 Å². The van der Waals surface area contributed by atoms with Crippen molar-refractivity contribution in [2.45, 2.75) is 17.6 Å². The lowest BCUT2D eigenvalue weighted by atomic mass is 10.3. The predicted molar refractivity (Wildman–Crippen MR) is 75.7 cm³/mol. The van der Waals surface area contributed by atoms with Crippen LogP contribution in [0.25, 0.3) is 0 Å². The smallest absolute Gasteiger partial charge is 0.341 e. The highest BCUT2D eigenvalue weighted by Crippen LogP contribution is 2.26. The first-order valence-corrected chi connectivity index (χ1v) is 7.19. The molecule has 0 aliphatic rings. The fraction of sp³-hybridized carbons (Fsp3) is 0.214. The Morgan fingerprint density at radius 1 is 1.32 bits per heavy atom. The Hall–Kier alpha value is -1.39. The summed E-state index contributed by atoms with van der Waals surface area (Å²) in [6.45, 7) is 2.13. The number of esters is 1. The molecule has 0 bridgehead atoms. The zero-order chi connectivity index (χ0) is 13.7. The lowest BCUT2D eigenvalue weighted by Crippen LogP contribution is -2.05. The third-order valence-corrected chi connectivity index (χ3v) is 3.69. The Balaban J connectivity index is 2.02. The molecule has 0 amide bonds. The van der Waals surface area contributed by atoms with Crippen LogP contribution in [0.5, 0.6) is 0 Å². The zero-order valence-electron chi connectivity index (χ0n) is 10.4. The van der Waals surface area contributed by atoms with Crippen molar-refractivity contribution in [1.82, 2.24) is 0 Å². The maximum absolute atomic E-state index is 11.7. The number of rotatable bonds is 5. The largest absolute Gasteiger partial charge is 0.468 e. The van der Waals surface area contributed by atoms with E-state index in [0.717, 1.165) is 4.90 Å². The van der Waals surface area contributed by atoms with Crippen molar-refractivity contribution in [3.63, 3.8) is 0 Å². The minimum Gasteiger partial charge on any atom is -0.468 e. The Kier molecular flexibility index (Phi) is 4.93. The molecule has 1 aromatic heterocycles. The van der Waals surface area contributed by atoms with E-state index < -0.39 is 0 Å². The second kappa shape index (κ2) is 6.68. The Morgan fingerprint density at radius 2 is 2.05 bits per heavy atom. The molecule has 2 aromatic rings. The summed E-state index contributed by atoms with van der Waals surface area (Å²) in [6, 6.07) is 9.16. The molecule has 0 aliphatic carbocycles. The van der Waals surface area contributed by atoms with Crippen molar-refractivity contribution >= 4 is 29.3 Å². The SMILES string of the molecule is CCOC(=O)c1ccoc1CSc1ccc(Cl)cc1. The Morgan fingerprint density at radius 3 is 2.74 bits per heavy atom. The maximum Gasteiger partial charge on any atom is 0.341 e. The highest BCUT2D eigenvalue weighted by atomic mass is 35.5. The molecule has 0 unspecified atom stereocenters. The van der Waals surface area contributed by atoms with Gasteiger partial charge in [-0.1, -0.05) is 11.6 Å². The lowest BCUT2D eigenvalue weighted by Gasteiger charge is -2.03. The van der Waals surface area contributed by atoms with Gasteiger partial charge in [0.2, 0.25) is 0 Å². The van der Waals surface area contributed by atoms with Crippen LogP contribution >= 0.6 is 23.4 Å². The van der Waals surface area contributed by atoms with Crippen LogP contribution in [0, 0.1) is 0 Å². The van der Waals surface area contributed by atoms with Gasteiger partial charge in [0.1, 0.15) is 11.3 Å². The molecule has 0 N–H and O–H groups in total. The molecule has 0 aliphatic heterocycles. The molecule has 0 saturated heterocycles. The van der Waals surface area contributed by atoms with E-state index in [1.807, 2.05) is 24.3 Å². The Labute approximate surface area is 120 Å². The van der Waals surface area contributed by atoms with Crippen LogP contribution in [0.1, 0.15) is 23.0 Å². The first-order valence-electron chi connectivity index (χ1n) is 5.82. The molecule has 0 fully saturated rings. The molecule has 3 nitrogen and oxygen atoms in total. The van der Waals surface area contributed by atoms with Crippen molar-refractivity contribution in [1.29, 1.82) is 0 Å². The summed E-state index contributed by atoms with van der Waals surface area (Å²) >= 11 is 7.40. The number of hydrogen-bond acceptors (Lipinski definition) is 4. The van der Waals surface area contributed by atoms with Gasteiger partial charge in [0.25, 0.3) is 0 Å². The quantitative estimate of drug-likeness (QED) is 0.605. The van der Waals surface area contributed by atoms with E-state index in [1.165, 1.54) is 6.26 Å². The number of carbonyl (C=O) groups is 1. The van der Waals surface area contributed by atoms with Gasteiger partial charge in [-0.2, -0.15) is 0 Å². The third kappa shape index (κ3) is 3.78. The number of carbonyl (C=O) groups excluding carboxylic acids is 1. The fourth-order valence-electron chi connectivity index (χ4n) is 1.52. The van der Waals surface area contributed by atoms with Gasteiger partial charge in [-0.25, -0.2) is 4.79 Å². The number of ether oxygens (including phenoxy) is 1. The zero-order valence-corrected chi connectivity index (χ0v) is 12.0. The van der Waals surface area contributed by atoms with Gasteiger partial charge in [-0.15, -0.1) is 11.8 Å². The number of thioether (sulfide) groups is 1. The van der Waals surface area contributed by atoms with E-state index in [2.05, 4.69) is 0 Å². The molecule has 0 atom stereocenters. The van der Waals surface area contributed by atoms with Crippen LogP contribution in [0.15, 0.2) is 45.9 Å². The standard InChI is InChI=1S/C14H13ClO3S/c1-2-17-14(16)12-7-8-18-13(12)9-19-11-5-3-10(15)4-6-11/h3-8H,2,9H2,1H3. The number of hydrogen-bond donors (Lipinski definition) is 0. The highest BCUT2D eigenvalue weighted by Gasteiger charge is 2.15. The van der Waals surface area contributed by atoms with Crippen molar-refractivity contribution in [3.8, 4) is 0 Å². The van der Waals surface area contributed by atoms with E-state index in [9.17, 15) is 4.79 Å². The van der Waals surface area contributed by atoms with E-state index in [0.29, 0.717) is 28.7 Å². The summed E-state index contributed by atoms with van der Waals surface area (Å²) in [5.41, 5.74) is 0.489. The third-order valence-electron chi connectivity index (χ3n) is 2.42. The van der Waals surface area contributed by atoms with Crippen LogP contribution in [-0.4, -0.2) is 12.6 Å². The second-order valence-electron chi connectivity index (χ2n) is 3.72. The molecule has 0 radical (unpaired) electrons. The second-order valence-corrected chi connectivity index (χ2v) is 5.21. The van der Waals surface area contributed by atoms with Gasteiger partial charge in [-0.3, -0.25) is 0 Å². The van der Waals surface area contributed by atoms with Gasteiger partial charge in [-0.05, 0) is 37.3 Å². The first-order chi connectivity index (χ1) is 9.20. The summed E-state index contributed by atoms with van der Waals surface area (Å²) in [7, 11) is 0. The summed E-state index contributed by atoms with van der Waals surface area (Å²) < 4.78 is 10.3. The summed E-state index contributed by atoms with van der Waals surface area (Å²) in [6.07, 6.45) is 1.50. The van der Waals surface area contributed by atoms with Crippen molar-refractivity contribution < 1.29 is 13.9 Å². The van der Waals surface area contributed by atoms with Gasteiger partial charge in [0.15, 0.2) is 0 Å². The van der Waals surface area contributed by atoms with Crippen LogP contribution in [-0.2, 0) is 10.5 Å². The molecule has 0 saturated carbocycles. The molecule has 1 aromatic carbocycles. The lowest BCUT2D eigenvalue weighted by molar-refractivity contribution is 0.0524. The van der Waals surface area contributed by atoms with Crippen LogP contribution in [0.3, 0.4) is 0 Å². The number of halogens is 1. The monoisotopic (exact) mass is 296 g/mol. The average Bonchev–Trinajstić information content (AvgIpc) is 2.87. The van der Waals surface area contributed by atoms with Crippen LogP contribution < -0.4 is 0 Å². The summed E-state index contributed by atoms with van der Waals surface area (Å²) in [5.74, 6) is 0.851. The molecule has 2 rings (SSSR count). The molecule has 100 valence electrons. The van der Waals surface area contributed by atoms with Crippen molar-refractivity contribution in [2.24, 2.45) is 0 Å².